The smallest absolute Gasteiger partial charge is 0.230 e. The van der Waals surface area contributed by atoms with Gasteiger partial charge in [-0.1, -0.05) is 23.4 Å². The number of anilines is 1. The first kappa shape index (κ1) is 20.6. The third-order valence-electron chi connectivity index (χ3n) is 5.31. The number of benzene rings is 1. The summed E-state index contributed by atoms with van der Waals surface area (Å²) < 4.78 is 5.49. The lowest BCUT2D eigenvalue weighted by atomic mass is 9.96. The number of likely N-dealkylation sites (tertiary alicyclic amines) is 1. The number of pyridine rings is 1. The molecule has 1 aliphatic rings. The fourth-order valence-corrected chi connectivity index (χ4v) is 4.18. The van der Waals surface area contributed by atoms with E-state index in [1.807, 2.05) is 48.7 Å². The average Bonchev–Trinajstić information content (AvgIpc) is 3.29. The molecule has 1 saturated heterocycles. The van der Waals surface area contributed by atoms with Gasteiger partial charge >= 0.3 is 0 Å². The van der Waals surface area contributed by atoms with Crippen LogP contribution in [0.25, 0.3) is 11.5 Å². The van der Waals surface area contributed by atoms with Crippen molar-refractivity contribution in [2.45, 2.75) is 30.1 Å². The van der Waals surface area contributed by atoms with Crippen LogP contribution in [0.4, 0.5) is 5.69 Å². The third kappa shape index (κ3) is 5.06. The van der Waals surface area contributed by atoms with Crippen molar-refractivity contribution in [1.29, 1.82) is 0 Å². The largest absolute Gasteiger partial charge is 0.339 e. The van der Waals surface area contributed by atoms with E-state index in [4.69, 9.17) is 4.52 Å². The van der Waals surface area contributed by atoms with Crippen molar-refractivity contribution < 1.29 is 9.32 Å². The first-order valence-electron chi connectivity index (χ1n) is 10.1. The Morgan fingerprint density at radius 2 is 2.00 bits per heavy atom. The van der Waals surface area contributed by atoms with E-state index in [0.29, 0.717) is 18.1 Å². The van der Waals surface area contributed by atoms with E-state index in [1.165, 1.54) is 0 Å². The Hall–Kier alpha value is -2.71. The maximum atomic E-state index is 12.4. The summed E-state index contributed by atoms with van der Waals surface area (Å²) in [6, 6.07) is 13.5. The predicted molar refractivity (Wildman–Crippen MR) is 117 cm³/mol. The second-order valence-electron chi connectivity index (χ2n) is 7.29. The average molecular weight is 424 g/mol. The number of nitrogens with zero attached hydrogens (tertiary/aromatic N) is 4. The van der Waals surface area contributed by atoms with Crippen molar-refractivity contribution >= 4 is 23.4 Å². The van der Waals surface area contributed by atoms with Crippen LogP contribution in [0.5, 0.6) is 0 Å². The number of nitrogens with one attached hydrogen (secondary N) is 1. The van der Waals surface area contributed by atoms with Crippen LogP contribution < -0.4 is 5.32 Å². The van der Waals surface area contributed by atoms with E-state index in [-0.39, 0.29) is 11.8 Å². The highest BCUT2D eigenvalue weighted by atomic mass is 32.2. The molecule has 0 atom stereocenters. The number of hydrogen-bond acceptors (Lipinski definition) is 7. The van der Waals surface area contributed by atoms with Crippen molar-refractivity contribution in [3.63, 3.8) is 0 Å². The van der Waals surface area contributed by atoms with Gasteiger partial charge in [0.1, 0.15) is 5.69 Å². The van der Waals surface area contributed by atoms with Crippen molar-refractivity contribution in [1.82, 2.24) is 20.0 Å². The van der Waals surface area contributed by atoms with Gasteiger partial charge in [0.2, 0.25) is 17.6 Å². The molecule has 1 aliphatic heterocycles. The van der Waals surface area contributed by atoms with Gasteiger partial charge < -0.3 is 14.7 Å². The van der Waals surface area contributed by atoms with Crippen LogP contribution >= 0.6 is 11.8 Å². The summed E-state index contributed by atoms with van der Waals surface area (Å²) in [5.74, 6) is 1.53. The Morgan fingerprint density at radius 1 is 1.20 bits per heavy atom. The Kier molecular flexibility index (Phi) is 6.76. The van der Waals surface area contributed by atoms with E-state index in [0.717, 1.165) is 48.8 Å². The minimum absolute atomic E-state index is 0.0514. The lowest BCUT2D eigenvalue weighted by Gasteiger charge is -2.30. The van der Waals surface area contributed by atoms with E-state index in [2.05, 4.69) is 25.3 Å². The number of aromatic nitrogens is 3. The number of thioether (sulfide) groups is 1. The van der Waals surface area contributed by atoms with Gasteiger partial charge in [-0.05, 0) is 56.5 Å². The van der Waals surface area contributed by atoms with E-state index in [1.54, 1.807) is 18.0 Å². The molecule has 0 bridgehead atoms. The Bertz CT molecular complexity index is 970. The van der Waals surface area contributed by atoms with Gasteiger partial charge in [0.15, 0.2) is 0 Å². The lowest BCUT2D eigenvalue weighted by Crippen LogP contribution is -2.35. The minimum atomic E-state index is 0.0514. The van der Waals surface area contributed by atoms with Crippen molar-refractivity contribution in [3.05, 3.63) is 54.6 Å². The van der Waals surface area contributed by atoms with Crippen LogP contribution in [0.3, 0.4) is 0 Å². The normalized spacial score (nSPS) is 15.2. The fraction of sp³-hybridized carbons (Fsp3) is 0.364. The van der Waals surface area contributed by atoms with Crippen LogP contribution in [-0.4, -0.2) is 51.8 Å². The summed E-state index contributed by atoms with van der Waals surface area (Å²) in [6.07, 6.45) is 6.11. The molecule has 7 nitrogen and oxygen atoms in total. The van der Waals surface area contributed by atoms with Gasteiger partial charge in [-0.25, -0.2) is 0 Å². The Labute approximate surface area is 180 Å². The van der Waals surface area contributed by atoms with Crippen LogP contribution in [-0.2, 0) is 4.79 Å². The van der Waals surface area contributed by atoms with Gasteiger partial charge in [0.05, 0.1) is 5.69 Å². The van der Waals surface area contributed by atoms with Gasteiger partial charge in [0, 0.05) is 30.0 Å². The number of amides is 1. The molecule has 0 aliphatic carbocycles. The van der Waals surface area contributed by atoms with Crippen molar-refractivity contribution in [3.8, 4) is 11.5 Å². The molecule has 156 valence electrons. The summed E-state index contributed by atoms with van der Waals surface area (Å²) in [5, 5.41) is 7.11. The first-order chi connectivity index (χ1) is 14.7. The molecule has 3 aromatic rings. The lowest BCUT2D eigenvalue weighted by molar-refractivity contribution is -0.116. The van der Waals surface area contributed by atoms with Gasteiger partial charge in [-0.3, -0.25) is 9.78 Å². The molecular formula is C22H25N5O2S. The number of carbonyl (C=O) groups excluding carboxylic acids is 1. The molecular weight excluding hydrogens is 398 g/mol. The molecule has 8 heteroatoms. The molecule has 0 radical (unpaired) electrons. The number of hydrogen-bond donors (Lipinski definition) is 1. The highest BCUT2D eigenvalue weighted by Gasteiger charge is 2.25. The van der Waals surface area contributed by atoms with Crippen LogP contribution in [0, 0.1) is 0 Å². The second-order valence-corrected chi connectivity index (χ2v) is 8.13. The molecule has 0 unspecified atom stereocenters. The summed E-state index contributed by atoms with van der Waals surface area (Å²) in [4.78, 5) is 24.6. The zero-order valence-corrected chi connectivity index (χ0v) is 17.8. The number of carbonyl (C=O) groups is 1. The van der Waals surface area contributed by atoms with Crippen LogP contribution in [0.15, 0.2) is 58.1 Å². The first-order valence-corrected chi connectivity index (χ1v) is 11.4. The Morgan fingerprint density at radius 3 is 2.77 bits per heavy atom. The maximum absolute atomic E-state index is 12.4. The number of para-hydroxylation sites is 1. The topological polar surface area (TPSA) is 84.2 Å². The van der Waals surface area contributed by atoms with Gasteiger partial charge in [-0.15, -0.1) is 11.8 Å². The van der Waals surface area contributed by atoms with E-state index in [9.17, 15) is 4.79 Å². The highest BCUT2D eigenvalue weighted by Crippen LogP contribution is 2.28. The summed E-state index contributed by atoms with van der Waals surface area (Å²) in [7, 11) is 0. The van der Waals surface area contributed by atoms with Gasteiger partial charge in [-0.2, -0.15) is 4.98 Å². The highest BCUT2D eigenvalue weighted by molar-refractivity contribution is 7.98. The molecule has 2 aromatic heterocycles. The molecule has 1 aromatic carbocycles. The van der Waals surface area contributed by atoms with Crippen LogP contribution in [0.2, 0.25) is 0 Å². The third-order valence-corrected chi connectivity index (χ3v) is 6.10. The van der Waals surface area contributed by atoms with E-state index >= 15 is 0 Å². The van der Waals surface area contributed by atoms with Crippen molar-refractivity contribution in [2.75, 3.05) is 31.2 Å². The maximum Gasteiger partial charge on any atom is 0.230 e. The fourth-order valence-electron chi connectivity index (χ4n) is 3.62. The number of rotatable bonds is 7. The summed E-state index contributed by atoms with van der Waals surface area (Å²) in [6.45, 7) is 2.59. The molecule has 1 amide bonds. The summed E-state index contributed by atoms with van der Waals surface area (Å²) in [5.41, 5.74) is 1.60. The molecule has 1 N–H and O–H groups in total. The predicted octanol–water partition coefficient (Wildman–Crippen LogP) is 4.06. The monoisotopic (exact) mass is 423 g/mol. The zero-order chi connectivity index (χ0) is 20.8. The van der Waals surface area contributed by atoms with Gasteiger partial charge in [0.25, 0.3) is 0 Å². The number of piperidine rings is 1. The Balaban J connectivity index is 1.24. The summed E-state index contributed by atoms with van der Waals surface area (Å²) >= 11 is 1.63. The van der Waals surface area contributed by atoms with E-state index < -0.39 is 0 Å². The molecule has 1 fully saturated rings. The molecule has 4 rings (SSSR count). The molecule has 0 saturated carbocycles. The zero-order valence-electron chi connectivity index (χ0n) is 17.0. The quantitative estimate of drug-likeness (QED) is 0.574. The SMILES string of the molecule is CSc1ccccc1NC(=O)CCN1CCC(c2nc(-c3ccccn3)no2)CC1. The molecule has 30 heavy (non-hydrogen) atoms. The second kappa shape index (κ2) is 9.86. The molecule has 0 spiro atoms. The van der Waals surface area contributed by atoms with Crippen LogP contribution in [0.1, 0.15) is 31.1 Å². The van der Waals surface area contributed by atoms with Crippen molar-refractivity contribution in [2.24, 2.45) is 0 Å². The standard InChI is InChI=1S/C22H25N5O2S/c1-30-19-8-3-2-6-17(19)24-20(28)11-15-27-13-9-16(10-14-27)22-25-21(26-29-22)18-7-4-5-12-23-18/h2-8,12,16H,9-11,13-15H2,1H3,(H,24,28). The molecule has 3 heterocycles. The minimum Gasteiger partial charge on any atom is -0.339 e.